The molecule has 3 heteroatoms. The van der Waals surface area contributed by atoms with Gasteiger partial charge in [0.05, 0.1) is 27.2 Å². The Morgan fingerprint density at radius 1 is 1.29 bits per heavy atom. The van der Waals surface area contributed by atoms with Crippen LogP contribution in [0.4, 0.5) is 0 Å². The number of ether oxygens (including phenoxy) is 1. The Labute approximate surface area is 87.6 Å². The van der Waals surface area contributed by atoms with E-state index in [9.17, 15) is 4.79 Å². The highest BCUT2D eigenvalue weighted by atomic mass is 16.5. The molecule has 0 rings (SSSR count). The first kappa shape index (κ1) is 13.6. The molecule has 0 aliphatic heterocycles. The highest BCUT2D eigenvalue weighted by Gasteiger charge is 2.21. The van der Waals surface area contributed by atoms with E-state index < -0.39 is 0 Å². The maximum Gasteiger partial charge on any atom is 0.132 e. The number of carbonyl (C=O) groups excluding carboxylic acids is 1. The summed E-state index contributed by atoms with van der Waals surface area (Å²) in [4.78, 5) is 11.0. The molecule has 0 amide bonds. The molecule has 14 heavy (non-hydrogen) atoms. The van der Waals surface area contributed by atoms with Crippen LogP contribution < -0.4 is 0 Å². The van der Waals surface area contributed by atoms with Crippen molar-refractivity contribution in [1.29, 1.82) is 0 Å². The van der Waals surface area contributed by atoms with E-state index in [0.717, 1.165) is 11.0 Å². The van der Waals surface area contributed by atoms with E-state index in [4.69, 9.17) is 4.74 Å². The van der Waals surface area contributed by atoms with Gasteiger partial charge in [-0.1, -0.05) is 0 Å². The molecule has 0 saturated heterocycles. The molecular weight excluding hydrogens is 178 g/mol. The minimum atomic E-state index is 0.0486. The molecule has 0 N–H and O–H groups in total. The third-order valence-electron chi connectivity index (χ3n) is 1.73. The molecule has 0 fully saturated rings. The van der Waals surface area contributed by atoms with Crippen molar-refractivity contribution in [2.45, 2.75) is 39.4 Å². The van der Waals surface area contributed by atoms with Gasteiger partial charge in [0.25, 0.3) is 0 Å². The first-order valence-electron chi connectivity index (χ1n) is 5.16. The third kappa shape index (κ3) is 8.20. The van der Waals surface area contributed by atoms with E-state index in [1.54, 1.807) is 6.92 Å². The van der Waals surface area contributed by atoms with Crippen molar-refractivity contribution in [2.75, 3.05) is 27.7 Å². The topological polar surface area (TPSA) is 26.3 Å². The van der Waals surface area contributed by atoms with Crippen LogP contribution in [0, 0.1) is 0 Å². The molecule has 0 aliphatic rings. The van der Waals surface area contributed by atoms with Crippen molar-refractivity contribution in [3.05, 3.63) is 0 Å². The smallest absolute Gasteiger partial charge is 0.132 e. The number of ketones is 1. The lowest BCUT2D eigenvalue weighted by Gasteiger charge is -2.29. The second-order valence-electron chi connectivity index (χ2n) is 5.19. The van der Waals surface area contributed by atoms with Crippen LogP contribution in [0.2, 0.25) is 0 Å². The summed E-state index contributed by atoms with van der Waals surface area (Å²) in [5.74, 6) is 0.198. The van der Waals surface area contributed by atoms with Gasteiger partial charge in [-0.3, -0.25) is 4.79 Å². The number of rotatable bonds is 6. The normalized spacial score (nSPS) is 14.5. The van der Waals surface area contributed by atoms with Crippen molar-refractivity contribution >= 4 is 5.78 Å². The number of quaternary nitrogens is 1. The zero-order valence-electron chi connectivity index (χ0n) is 10.3. The lowest BCUT2D eigenvalue weighted by atomic mass is 10.1. The minimum Gasteiger partial charge on any atom is -0.369 e. The largest absolute Gasteiger partial charge is 0.369 e. The summed E-state index contributed by atoms with van der Waals surface area (Å²) in [5, 5.41) is 0. The molecule has 3 nitrogen and oxygen atoms in total. The maximum atomic E-state index is 11.0. The van der Waals surface area contributed by atoms with Gasteiger partial charge in [0, 0.05) is 6.42 Å². The van der Waals surface area contributed by atoms with Gasteiger partial charge in [0.2, 0.25) is 0 Å². The lowest BCUT2D eigenvalue weighted by Crippen LogP contribution is -2.43. The van der Waals surface area contributed by atoms with E-state index in [2.05, 4.69) is 21.1 Å². The second-order valence-corrected chi connectivity index (χ2v) is 5.19. The van der Waals surface area contributed by atoms with E-state index in [-0.39, 0.29) is 18.0 Å². The molecule has 0 aromatic rings. The van der Waals surface area contributed by atoms with E-state index in [0.29, 0.717) is 6.42 Å². The number of hydrogen-bond donors (Lipinski definition) is 0. The Morgan fingerprint density at radius 2 is 1.79 bits per heavy atom. The summed E-state index contributed by atoms with van der Waals surface area (Å²) in [6.45, 7) is 6.50. The number of carbonyl (C=O) groups is 1. The monoisotopic (exact) mass is 202 g/mol. The number of nitrogens with zero attached hydrogens (tertiary/aromatic N) is 1. The van der Waals surface area contributed by atoms with E-state index >= 15 is 0 Å². The van der Waals surface area contributed by atoms with Gasteiger partial charge in [0.15, 0.2) is 0 Å². The Bertz CT molecular complexity index is 182. The number of hydrogen-bond acceptors (Lipinski definition) is 2. The van der Waals surface area contributed by atoms with Crippen LogP contribution in [0.1, 0.15) is 27.2 Å². The van der Waals surface area contributed by atoms with Gasteiger partial charge in [-0.15, -0.1) is 0 Å². The van der Waals surface area contributed by atoms with Crippen LogP contribution in [-0.4, -0.2) is 50.2 Å². The molecule has 84 valence electrons. The molecule has 0 aliphatic carbocycles. The summed E-state index contributed by atoms with van der Waals surface area (Å²) in [5.41, 5.74) is 0. The fourth-order valence-corrected chi connectivity index (χ4v) is 1.47. The van der Waals surface area contributed by atoms with Crippen LogP contribution >= 0.6 is 0 Å². The van der Waals surface area contributed by atoms with Gasteiger partial charge < -0.3 is 9.22 Å². The molecular formula is C11H24NO2+. The van der Waals surface area contributed by atoms with Crippen molar-refractivity contribution < 1.29 is 14.0 Å². The van der Waals surface area contributed by atoms with Crippen LogP contribution in [0.5, 0.6) is 0 Å². The van der Waals surface area contributed by atoms with Crippen LogP contribution in [0.3, 0.4) is 0 Å². The Balaban J connectivity index is 4.17. The van der Waals surface area contributed by atoms with E-state index in [1.807, 2.05) is 13.8 Å². The number of likely N-dealkylation sites (N-methyl/N-ethyl adjacent to an activating group) is 1. The zero-order chi connectivity index (χ0) is 11.4. The van der Waals surface area contributed by atoms with Crippen molar-refractivity contribution in [3.63, 3.8) is 0 Å². The summed E-state index contributed by atoms with van der Waals surface area (Å²) in [6, 6.07) is 0. The highest BCUT2D eigenvalue weighted by molar-refractivity contribution is 5.75. The second kappa shape index (κ2) is 5.47. The molecule has 0 heterocycles. The van der Waals surface area contributed by atoms with Gasteiger partial charge in [-0.2, -0.15) is 0 Å². The van der Waals surface area contributed by atoms with Gasteiger partial charge >= 0.3 is 0 Å². The molecule has 0 bridgehead atoms. The van der Waals surface area contributed by atoms with Crippen molar-refractivity contribution in [3.8, 4) is 0 Å². The quantitative estimate of drug-likeness (QED) is 0.610. The van der Waals surface area contributed by atoms with Gasteiger partial charge in [-0.05, 0) is 20.8 Å². The summed E-state index contributed by atoms with van der Waals surface area (Å²) in [7, 11) is 6.32. The Hall–Kier alpha value is -0.410. The minimum absolute atomic E-state index is 0.0486. The summed E-state index contributed by atoms with van der Waals surface area (Å²) >= 11 is 0. The molecule has 0 radical (unpaired) electrons. The predicted octanol–water partition coefficient (Wildman–Crippen LogP) is 1.47. The van der Waals surface area contributed by atoms with Crippen molar-refractivity contribution in [2.24, 2.45) is 0 Å². The van der Waals surface area contributed by atoms with Crippen LogP contribution in [0.25, 0.3) is 0 Å². The summed E-state index contributed by atoms with van der Waals surface area (Å²) in [6.07, 6.45) is 0.756. The first-order chi connectivity index (χ1) is 6.20. The molecule has 0 saturated carbocycles. The predicted molar refractivity (Wildman–Crippen MR) is 58.2 cm³/mol. The fourth-order valence-electron chi connectivity index (χ4n) is 1.47. The molecule has 0 aromatic heterocycles. The SMILES string of the molecule is CC(=O)CC(C[N+](C)(C)C)OC(C)C. The van der Waals surface area contributed by atoms with E-state index in [1.165, 1.54) is 0 Å². The average molecular weight is 202 g/mol. The van der Waals surface area contributed by atoms with Crippen molar-refractivity contribution in [1.82, 2.24) is 0 Å². The van der Waals surface area contributed by atoms with Crippen LogP contribution in [-0.2, 0) is 9.53 Å². The van der Waals surface area contributed by atoms with Gasteiger partial charge in [0.1, 0.15) is 18.4 Å². The first-order valence-corrected chi connectivity index (χ1v) is 5.16. The van der Waals surface area contributed by atoms with Gasteiger partial charge in [-0.25, -0.2) is 0 Å². The molecule has 1 atom stereocenters. The standard InChI is InChI=1S/C11H24NO2/c1-9(2)14-11(7-10(3)13)8-12(4,5)6/h9,11H,7-8H2,1-6H3/q+1. The highest BCUT2D eigenvalue weighted by Crippen LogP contribution is 2.07. The lowest BCUT2D eigenvalue weighted by molar-refractivity contribution is -0.873. The molecule has 1 unspecified atom stereocenters. The molecule has 0 spiro atoms. The fraction of sp³-hybridized carbons (Fsp3) is 0.909. The Kier molecular flexibility index (Phi) is 5.31. The average Bonchev–Trinajstić information content (AvgIpc) is 1.77. The maximum absolute atomic E-state index is 11.0. The number of Topliss-reactive ketones (excluding diaryl/α,β-unsaturated/α-hetero) is 1. The summed E-state index contributed by atoms with van der Waals surface area (Å²) < 4.78 is 6.52. The zero-order valence-corrected chi connectivity index (χ0v) is 10.3. The molecule has 0 aromatic carbocycles. The van der Waals surface area contributed by atoms with Crippen LogP contribution in [0.15, 0.2) is 0 Å². The Morgan fingerprint density at radius 3 is 2.07 bits per heavy atom. The third-order valence-corrected chi connectivity index (χ3v) is 1.73.